The lowest BCUT2D eigenvalue weighted by Gasteiger charge is -2.40. The molecule has 0 aromatic heterocycles. The first kappa shape index (κ1) is 22.8. The fourth-order valence-electron chi connectivity index (χ4n) is 4.80. The largest absolute Gasteiger partial charge is 0.493 e. The molecular weight excluding hydrogens is 451 g/mol. The van der Waals surface area contributed by atoms with Crippen LogP contribution in [0.3, 0.4) is 0 Å². The molecule has 34 heavy (non-hydrogen) atoms. The highest BCUT2D eigenvalue weighted by Crippen LogP contribution is 2.57. The second-order valence-corrected chi connectivity index (χ2v) is 10.6. The number of nitrogens with zero attached hydrogens (tertiary/aromatic N) is 2. The van der Waals surface area contributed by atoms with Crippen LogP contribution >= 0.6 is 7.52 Å². The Bertz CT molecular complexity index is 1240. The summed E-state index contributed by atoms with van der Waals surface area (Å²) in [6, 6.07) is 19.6. The number of rotatable bonds is 6. The third-order valence-corrected chi connectivity index (χ3v) is 9.10. The second kappa shape index (κ2) is 9.34. The minimum Gasteiger partial charge on any atom is -0.493 e. The van der Waals surface area contributed by atoms with Gasteiger partial charge >= 0.3 is 7.52 Å². The monoisotopic (exact) mass is 480 g/mol. The van der Waals surface area contributed by atoms with Crippen molar-refractivity contribution < 1.29 is 23.3 Å². The highest BCUT2D eigenvalue weighted by Gasteiger charge is 2.42. The minimum absolute atomic E-state index is 0.594. The Morgan fingerprint density at radius 2 is 1.47 bits per heavy atom. The van der Waals surface area contributed by atoms with Crippen LogP contribution in [0.2, 0.25) is 0 Å². The van der Waals surface area contributed by atoms with Gasteiger partial charge in [-0.05, 0) is 18.2 Å². The predicted octanol–water partition coefficient (Wildman–Crippen LogP) is 4.41. The smallest absolute Gasteiger partial charge is 0.350 e. The molecule has 178 valence electrons. The Morgan fingerprint density at radius 1 is 0.794 bits per heavy atom. The molecule has 1 atom stereocenters. The summed E-state index contributed by atoms with van der Waals surface area (Å²) in [5, 5.41) is 0.781. The number of fused-ring (bicyclic) bond motifs is 3. The average molecular weight is 481 g/mol. The second-order valence-electron chi connectivity index (χ2n) is 8.35. The molecule has 2 aliphatic heterocycles. The van der Waals surface area contributed by atoms with E-state index in [2.05, 4.69) is 4.90 Å². The number of hydrogen-bond donors (Lipinski definition) is 0. The highest BCUT2D eigenvalue weighted by atomic mass is 31.2. The third kappa shape index (κ3) is 3.84. The Balaban J connectivity index is 1.35. The van der Waals surface area contributed by atoms with Gasteiger partial charge in [-0.25, -0.2) is 4.67 Å². The SMILES string of the molecule is COc1ccc(CN2CCN(P3(=O)Oc4ccccc4-c4ccccc43)CC2)c(OC)c1OC. The first-order valence-corrected chi connectivity index (χ1v) is 12.9. The summed E-state index contributed by atoms with van der Waals surface area (Å²) in [4.78, 5) is 2.33. The van der Waals surface area contributed by atoms with Crippen molar-refractivity contribution in [2.24, 2.45) is 0 Å². The van der Waals surface area contributed by atoms with Crippen LogP contribution in [-0.4, -0.2) is 57.1 Å². The molecule has 0 aliphatic carbocycles. The quantitative estimate of drug-likeness (QED) is 0.485. The molecule has 0 spiro atoms. The van der Waals surface area contributed by atoms with Crippen LogP contribution in [0, 0.1) is 0 Å². The third-order valence-electron chi connectivity index (χ3n) is 6.51. The van der Waals surface area contributed by atoms with Crippen LogP contribution in [0.1, 0.15) is 5.56 Å². The highest BCUT2D eigenvalue weighted by molar-refractivity contribution is 7.65. The molecule has 1 unspecified atom stereocenters. The molecule has 0 N–H and O–H groups in total. The van der Waals surface area contributed by atoms with Crippen molar-refractivity contribution in [3.63, 3.8) is 0 Å². The molecule has 0 saturated carbocycles. The van der Waals surface area contributed by atoms with Crippen molar-refractivity contribution in [1.29, 1.82) is 0 Å². The lowest BCUT2D eigenvalue weighted by Crippen LogP contribution is -2.46. The predicted molar refractivity (Wildman–Crippen MR) is 133 cm³/mol. The van der Waals surface area contributed by atoms with E-state index in [1.807, 2.05) is 65.3 Å². The standard InChI is InChI=1S/C26H29N2O5P/c1-30-23-13-12-19(25(31-2)26(23)32-3)18-27-14-16-28(17-15-27)34(29)24-11-7-5-9-21(24)20-8-4-6-10-22(20)33-34/h4-13H,14-18H2,1-3H3. The lowest BCUT2D eigenvalue weighted by atomic mass is 10.0. The van der Waals surface area contributed by atoms with Gasteiger partial charge in [-0.15, -0.1) is 0 Å². The molecule has 0 bridgehead atoms. The van der Waals surface area contributed by atoms with Gasteiger partial charge in [-0.1, -0.05) is 42.5 Å². The van der Waals surface area contributed by atoms with E-state index in [1.54, 1.807) is 21.3 Å². The fourth-order valence-corrected chi connectivity index (χ4v) is 7.22. The molecule has 7 nitrogen and oxygen atoms in total. The molecule has 5 rings (SSSR count). The van der Waals surface area contributed by atoms with Gasteiger partial charge in [0.05, 0.1) is 26.6 Å². The number of ether oxygens (including phenoxy) is 3. The van der Waals surface area contributed by atoms with E-state index in [1.165, 1.54) is 0 Å². The molecule has 1 fully saturated rings. The Morgan fingerprint density at radius 3 is 2.18 bits per heavy atom. The van der Waals surface area contributed by atoms with Crippen molar-refractivity contribution in [3.8, 4) is 34.1 Å². The van der Waals surface area contributed by atoms with Crippen LogP contribution in [-0.2, 0) is 11.1 Å². The van der Waals surface area contributed by atoms with Gasteiger partial charge in [0.2, 0.25) is 5.75 Å². The van der Waals surface area contributed by atoms with Gasteiger partial charge < -0.3 is 18.7 Å². The van der Waals surface area contributed by atoms with Gasteiger partial charge in [0, 0.05) is 49.4 Å². The maximum absolute atomic E-state index is 14.3. The Kier molecular flexibility index (Phi) is 6.26. The zero-order valence-corrected chi connectivity index (χ0v) is 20.6. The van der Waals surface area contributed by atoms with E-state index >= 15 is 0 Å². The number of piperazine rings is 1. The van der Waals surface area contributed by atoms with E-state index in [9.17, 15) is 4.57 Å². The molecule has 0 amide bonds. The van der Waals surface area contributed by atoms with Gasteiger partial charge in [-0.2, -0.15) is 0 Å². The van der Waals surface area contributed by atoms with Crippen molar-refractivity contribution in [2.75, 3.05) is 47.5 Å². The van der Waals surface area contributed by atoms with Crippen molar-refractivity contribution in [2.45, 2.75) is 6.54 Å². The molecule has 3 aromatic carbocycles. The summed E-state index contributed by atoms with van der Waals surface area (Å²) in [7, 11) is 1.65. The van der Waals surface area contributed by atoms with Gasteiger partial charge in [0.15, 0.2) is 11.5 Å². The zero-order chi connectivity index (χ0) is 23.7. The van der Waals surface area contributed by atoms with Crippen LogP contribution < -0.4 is 24.0 Å². The topological polar surface area (TPSA) is 60.5 Å². The molecular formula is C26H29N2O5P. The van der Waals surface area contributed by atoms with E-state index in [0.717, 1.165) is 35.1 Å². The zero-order valence-electron chi connectivity index (χ0n) is 19.7. The number of para-hydroxylation sites is 1. The van der Waals surface area contributed by atoms with Crippen LogP contribution in [0.15, 0.2) is 60.7 Å². The van der Waals surface area contributed by atoms with E-state index in [4.69, 9.17) is 18.7 Å². The average Bonchev–Trinajstić information content (AvgIpc) is 2.89. The Hall–Kier alpha value is -2.99. The van der Waals surface area contributed by atoms with Gasteiger partial charge in [0.25, 0.3) is 0 Å². The van der Waals surface area contributed by atoms with Crippen LogP contribution in [0.5, 0.6) is 23.0 Å². The van der Waals surface area contributed by atoms with Crippen molar-refractivity contribution in [1.82, 2.24) is 9.57 Å². The fraction of sp³-hybridized carbons (Fsp3) is 0.308. The van der Waals surface area contributed by atoms with Crippen molar-refractivity contribution >= 4 is 12.8 Å². The van der Waals surface area contributed by atoms with Crippen LogP contribution in [0.4, 0.5) is 0 Å². The van der Waals surface area contributed by atoms with E-state index < -0.39 is 7.52 Å². The first-order valence-electron chi connectivity index (χ1n) is 11.3. The van der Waals surface area contributed by atoms with Gasteiger partial charge in [0.1, 0.15) is 5.75 Å². The summed E-state index contributed by atoms with van der Waals surface area (Å²) in [6.07, 6.45) is 0. The molecule has 8 heteroatoms. The lowest BCUT2D eigenvalue weighted by molar-refractivity contribution is 0.172. The van der Waals surface area contributed by atoms with Crippen molar-refractivity contribution in [3.05, 3.63) is 66.2 Å². The Labute approximate surface area is 200 Å². The molecule has 0 radical (unpaired) electrons. The van der Waals surface area contributed by atoms with E-state index in [-0.39, 0.29) is 0 Å². The van der Waals surface area contributed by atoms with Crippen LogP contribution in [0.25, 0.3) is 11.1 Å². The molecule has 3 aromatic rings. The molecule has 2 heterocycles. The maximum atomic E-state index is 14.3. The minimum atomic E-state index is -3.21. The maximum Gasteiger partial charge on any atom is 0.350 e. The first-order chi connectivity index (χ1) is 16.6. The number of benzene rings is 3. The number of methoxy groups -OCH3 is 3. The molecule has 1 saturated heterocycles. The van der Waals surface area contributed by atoms with Gasteiger partial charge in [-0.3, -0.25) is 9.46 Å². The molecule has 2 aliphatic rings. The van der Waals surface area contributed by atoms with E-state index in [0.29, 0.717) is 42.6 Å². The summed E-state index contributed by atoms with van der Waals surface area (Å²) >= 11 is 0. The summed E-state index contributed by atoms with van der Waals surface area (Å²) in [5.74, 6) is 2.59. The summed E-state index contributed by atoms with van der Waals surface area (Å²) in [5.41, 5.74) is 3.00. The normalized spacial score (nSPS) is 20.1. The number of hydrogen-bond acceptors (Lipinski definition) is 6. The summed E-state index contributed by atoms with van der Waals surface area (Å²) in [6.45, 7) is 3.50. The summed E-state index contributed by atoms with van der Waals surface area (Å²) < 4.78 is 39.2.